The number of rotatable bonds is 6. The number of ether oxygens (including phenoxy) is 1. The van der Waals surface area contributed by atoms with E-state index < -0.39 is 0 Å². The van der Waals surface area contributed by atoms with Crippen LogP contribution in [0.15, 0.2) is 36.7 Å². The Morgan fingerprint density at radius 3 is 2.80 bits per heavy atom. The van der Waals surface area contributed by atoms with Gasteiger partial charge in [0, 0.05) is 26.1 Å². The quantitative estimate of drug-likeness (QED) is 0.603. The van der Waals surface area contributed by atoms with E-state index in [9.17, 15) is 4.79 Å². The van der Waals surface area contributed by atoms with Gasteiger partial charge < -0.3 is 14.5 Å². The second-order valence-corrected chi connectivity index (χ2v) is 8.73. The van der Waals surface area contributed by atoms with E-state index in [0.29, 0.717) is 31.1 Å². The van der Waals surface area contributed by atoms with E-state index in [1.165, 1.54) is 5.56 Å². The number of Topliss-reactive ketones (excluding diaryl/α,β-unsaturated/α-hetero) is 1. The molecule has 0 saturated carbocycles. The first kappa shape index (κ1) is 19.4. The van der Waals surface area contributed by atoms with Crippen LogP contribution in [-0.2, 0) is 16.0 Å². The van der Waals surface area contributed by atoms with Crippen molar-refractivity contribution in [2.75, 3.05) is 42.6 Å². The fraction of sp³-hybridized carbons (Fsp3) is 0.455. The molecule has 2 aliphatic heterocycles. The van der Waals surface area contributed by atoms with Gasteiger partial charge in [-0.3, -0.25) is 4.79 Å². The third kappa shape index (κ3) is 3.89. The van der Waals surface area contributed by atoms with Crippen molar-refractivity contribution in [3.63, 3.8) is 0 Å². The lowest BCUT2D eigenvalue weighted by Gasteiger charge is -2.27. The van der Waals surface area contributed by atoms with Crippen LogP contribution in [0, 0.1) is 0 Å². The van der Waals surface area contributed by atoms with Gasteiger partial charge in [0.1, 0.15) is 11.0 Å². The predicted molar refractivity (Wildman–Crippen MR) is 118 cm³/mol. The van der Waals surface area contributed by atoms with Gasteiger partial charge in [0.15, 0.2) is 22.4 Å². The van der Waals surface area contributed by atoms with Crippen molar-refractivity contribution in [2.45, 2.75) is 31.7 Å². The molecule has 1 atom stereocenters. The number of morpholine rings is 1. The number of hydrogen-bond donors (Lipinski definition) is 0. The topological polar surface area (TPSA) is 71.5 Å². The number of carbonyl (C=O) groups excluding carboxylic acids is 1. The van der Waals surface area contributed by atoms with Crippen LogP contribution in [0.2, 0.25) is 0 Å². The van der Waals surface area contributed by atoms with Crippen LogP contribution in [0.5, 0.6) is 0 Å². The summed E-state index contributed by atoms with van der Waals surface area (Å²) in [6, 6.07) is 10.1. The zero-order valence-electron chi connectivity index (χ0n) is 16.9. The molecule has 0 amide bonds. The second kappa shape index (κ2) is 8.65. The van der Waals surface area contributed by atoms with Crippen LogP contribution in [0.4, 0.5) is 10.9 Å². The van der Waals surface area contributed by atoms with Crippen molar-refractivity contribution in [2.24, 2.45) is 0 Å². The average Bonchev–Trinajstić information content (AvgIpc) is 3.45. The molecule has 5 rings (SSSR count). The molecule has 8 heteroatoms. The molecule has 2 fully saturated rings. The number of hydrogen-bond acceptors (Lipinski definition) is 8. The summed E-state index contributed by atoms with van der Waals surface area (Å²) in [4.78, 5) is 31.1. The molecule has 156 valence electrons. The number of thiazole rings is 1. The minimum atomic E-state index is -0.0888. The van der Waals surface area contributed by atoms with Crippen LogP contribution in [0.1, 0.15) is 24.8 Å². The van der Waals surface area contributed by atoms with Crippen molar-refractivity contribution in [3.05, 3.63) is 42.2 Å². The molecular formula is C22H25N5O2S. The van der Waals surface area contributed by atoms with Gasteiger partial charge in [0.2, 0.25) is 0 Å². The van der Waals surface area contributed by atoms with Gasteiger partial charge in [-0.15, -0.1) is 0 Å². The molecule has 4 heterocycles. The predicted octanol–water partition coefficient (Wildman–Crippen LogP) is 3.09. The number of anilines is 2. The normalized spacial score (nSPS) is 19.5. The zero-order valence-corrected chi connectivity index (χ0v) is 17.7. The molecule has 0 radical (unpaired) electrons. The summed E-state index contributed by atoms with van der Waals surface area (Å²) in [5.74, 6) is 1.23. The molecule has 0 bridgehead atoms. The maximum Gasteiger partial charge on any atom is 0.188 e. The van der Waals surface area contributed by atoms with Crippen LogP contribution in [0.25, 0.3) is 10.3 Å². The lowest BCUT2D eigenvalue weighted by atomic mass is 10.0. The Morgan fingerprint density at radius 2 is 1.97 bits per heavy atom. The van der Waals surface area contributed by atoms with Crippen molar-refractivity contribution in [3.8, 4) is 0 Å². The lowest BCUT2D eigenvalue weighted by Crippen LogP contribution is -2.36. The van der Waals surface area contributed by atoms with E-state index >= 15 is 0 Å². The third-order valence-corrected chi connectivity index (χ3v) is 6.92. The van der Waals surface area contributed by atoms with Gasteiger partial charge in [0.25, 0.3) is 0 Å². The van der Waals surface area contributed by atoms with E-state index in [2.05, 4.69) is 31.9 Å². The van der Waals surface area contributed by atoms with Crippen LogP contribution >= 0.6 is 11.3 Å². The number of aryl methyl sites for hydroxylation is 1. The number of ketones is 1. The SMILES string of the molecule is O=C(CCc1ccccc1)[C@H]1CCCN1c1nc2ncnc(N3CCOCC3)c2s1. The monoisotopic (exact) mass is 423 g/mol. The van der Waals surface area contributed by atoms with Gasteiger partial charge in [-0.1, -0.05) is 41.7 Å². The Bertz CT molecular complexity index is 1020. The number of fused-ring (bicyclic) bond motifs is 1. The average molecular weight is 424 g/mol. The largest absolute Gasteiger partial charge is 0.378 e. The highest BCUT2D eigenvalue weighted by atomic mass is 32.1. The van der Waals surface area contributed by atoms with Crippen LogP contribution in [-0.4, -0.2) is 59.6 Å². The minimum absolute atomic E-state index is 0.0888. The third-order valence-electron chi connectivity index (χ3n) is 5.84. The molecule has 0 N–H and O–H groups in total. The van der Waals surface area contributed by atoms with Crippen molar-refractivity contribution in [1.29, 1.82) is 0 Å². The van der Waals surface area contributed by atoms with Gasteiger partial charge in [-0.25, -0.2) is 9.97 Å². The molecule has 2 aliphatic rings. The highest BCUT2D eigenvalue weighted by Gasteiger charge is 2.33. The number of benzene rings is 1. The number of nitrogens with zero attached hydrogens (tertiary/aromatic N) is 5. The van der Waals surface area contributed by atoms with E-state index in [0.717, 1.165) is 54.5 Å². The maximum absolute atomic E-state index is 13.0. The summed E-state index contributed by atoms with van der Waals surface area (Å²) in [5, 5.41) is 0.885. The summed E-state index contributed by atoms with van der Waals surface area (Å²) >= 11 is 1.61. The Balaban J connectivity index is 1.35. The van der Waals surface area contributed by atoms with Crippen molar-refractivity contribution in [1.82, 2.24) is 15.0 Å². The van der Waals surface area contributed by atoms with Crippen molar-refractivity contribution < 1.29 is 9.53 Å². The van der Waals surface area contributed by atoms with Gasteiger partial charge in [0.05, 0.1) is 19.3 Å². The van der Waals surface area contributed by atoms with Crippen molar-refractivity contribution >= 4 is 38.4 Å². The van der Waals surface area contributed by atoms with E-state index in [4.69, 9.17) is 9.72 Å². The summed E-state index contributed by atoms with van der Waals surface area (Å²) in [6.45, 7) is 3.93. The molecule has 0 aliphatic carbocycles. The maximum atomic E-state index is 13.0. The highest BCUT2D eigenvalue weighted by Crippen LogP contribution is 2.37. The molecule has 7 nitrogen and oxygen atoms in total. The Kier molecular flexibility index (Phi) is 5.59. The molecule has 2 aromatic heterocycles. The van der Waals surface area contributed by atoms with E-state index in [1.54, 1.807) is 17.7 Å². The first-order valence-corrected chi connectivity index (χ1v) is 11.4. The van der Waals surface area contributed by atoms with Crippen LogP contribution < -0.4 is 9.80 Å². The summed E-state index contributed by atoms with van der Waals surface area (Å²) < 4.78 is 6.47. The van der Waals surface area contributed by atoms with Crippen LogP contribution in [0.3, 0.4) is 0 Å². The zero-order chi connectivity index (χ0) is 20.3. The van der Waals surface area contributed by atoms with Gasteiger partial charge in [-0.05, 0) is 24.8 Å². The summed E-state index contributed by atoms with van der Waals surface area (Å²) in [7, 11) is 0. The molecule has 3 aromatic rings. The molecule has 30 heavy (non-hydrogen) atoms. The fourth-order valence-corrected chi connectivity index (χ4v) is 5.38. The first-order chi connectivity index (χ1) is 14.8. The van der Waals surface area contributed by atoms with Gasteiger partial charge in [-0.2, -0.15) is 4.98 Å². The second-order valence-electron chi connectivity index (χ2n) is 7.75. The Morgan fingerprint density at radius 1 is 1.13 bits per heavy atom. The highest BCUT2D eigenvalue weighted by molar-refractivity contribution is 7.22. The Hall–Kier alpha value is -2.58. The first-order valence-electron chi connectivity index (χ1n) is 10.6. The smallest absolute Gasteiger partial charge is 0.188 e. The molecule has 2 saturated heterocycles. The fourth-order valence-electron chi connectivity index (χ4n) is 4.26. The summed E-state index contributed by atoms with van der Waals surface area (Å²) in [6.07, 6.45) is 4.85. The lowest BCUT2D eigenvalue weighted by molar-refractivity contribution is -0.120. The standard InChI is InChI=1S/C22H25N5O2S/c28-18(9-8-16-5-2-1-3-6-16)17-7-4-10-27(17)22-25-20-19(30-22)21(24-15-23-20)26-11-13-29-14-12-26/h1-3,5-6,15,17H,4,7-14H2/t17-/m1/s1. The van der Waals surface area contributed by atoms with Gasteiger partial charge >= 0.3 is 0 Å². The van der Waals surface area contributed by atoms with E-state index in [-0.39, 0.29) is 6.04 Å². The molecule has 1 aromatic carbocycles. The molecular weight excluding hydrogens is 398 g/mol. The molecule has 0 spiro atoms. The number of carbonyl (C=O) groups is 1. The number of aromatic nitrogens is 3. The Labute approximate surface area is 179 Å². The molecule has 0 unspecified atom stereocenters. The van der Waals surface area contributed by atoms with E-state index in [1.807, 2.05) is 18.2 Å². The minimum Gasteiger partial charge on any atom is -0.378 e. The summed E-state index contributed by atoms with van der Waals surface area (Å²) in [5.41, 5.74) is 1.93.